The van der Waals surface area contributed by atoms with E-state index in [1.165, 1.54) is 0 Å². The number of aliphatic carboxylic acids is 1. The zero-order chi connectivity index (χ0) is 23.6. The lowest BCUT2D eigenvalue weighted by molar-refractivity contribution is -0.131. The summed E-state index contributed by atoms with van der Waals surface area (Å²) < 4.78 is 5.59. The largest absolute Gasteiger partial charge is 0.478 e. The van der Waals surface area contributed by atoms with Gasteiger partial charge in [-0.15, -0.1) is 0 Å². The second-order valence-corrected chi connectivity index (χ2v) is 9.75. The van der Waals surface area contributed by atoms with Crippen molar-refractivity contribution in [3.8, 4) is 0 Å². The van der Waals surface area contributed by atoms with Crippen LogP contribution in [0.2, 0.25) is 10.0 Å². The van der Waals surface area contributed by atoms with Crippen LogP contribution in [0.15, 0.2) is 42.5 Å². The van der Waals surface area contributed by atoms with Gasteiger partial charge in [-0.3, -0.25) is 0 Å². The molecule has 0 bridgehead atoms. The number of carboxylic acids is 1. The van der Waals surface area contributed by atoms with Gasteiger partial charge in [0.1, 0.15) is 5.60 Å². The molecule has 7 heteroatoms. The van der Waals surface area contributed by atoms with Gasteiger partial charge in [0, 0.05) is 19.0 Å². The van der Waals surface area contributed by atoms with Crippen LogP contribution in [0.25, 0.3) is 6.08 Å². The van der Waals surface area contributed by atoms with Crippen molar-refractivity contribution in [2.45, 2.75) is 51.2 Å². The summed E-state index contributed by atoms with van der Waals surface area (Å²) >= 11 is 12.4. The van der Waals surface area contributed by atoms with Crippen LogP contribution in [0.4, 0.5) is 4.79 Å². The zero-order valence-electron chi connectivity index (χ0n) is 18.6. The smallest absolute Gasteiger partial charge is 0.410 e. The van der Waals surface area contributed by atoms with E-state index in [1.54, 1.807) is 24.1 Å². The first kappa shape index (κ1) is 24.1. The fourth-order valence-electron chi connectivity index (χ4n) is 4.14. The maximum Gasteiger partial charge on any atom is 0.410 e. The third-order valence-electron chi connectivity index (χ3n) is 5.51. The van der Waals surface area contributed by atoms with Crippen molar-refractivity contribution >= 4 is 41.3 Å². The van der Waals surface area contributed by atoms with Crippen molar-refractivity contribution < 1.29 is 19.4 Å². The molecule has 1 amide bonds. The van der Waals surface area contributed by atoms with E-state index >= 15 is 0 Å². The Morgan fingerprint density at radius 1 is 1.12 bits per heavy atom. The predicted octanol–water partition coefficient (Wildman–Crippen LogP) is 6.92. The van der Waals surface area contributed by atoms with Crippen LogP contribution in [-0.4, -0.2) is 34.7 Å². The molecule has 0 aliphatic heterocycles. The summed E-state index contributed by atoms with van der Waals surface area (Å²) in [5.41, 5.74) is 3.12. The van der Waals surface area contributed by atoms with Crippen LogP contribution >= 0.6 is 23.2 Å². The summed E-state index contributed by atoms with van der Waals surface area (Å²) in [7, 11) is 1.72. The molecule has 170 valence electrons. The van der Waals surface area contributed by atoms with E-state index in [9.17, 15) is 9.59 Å². The third kappa shape index (κ3) is 5.45. The van der Waals surface area contributed by atoms with Gasteiger partial charge in [-0.1, -0.05) is 47.5 Å². The number of benzene rings is 2. The maximum absolute atomic E-state index is 12.8. The lowest BCUT2D eigenvalue weighted by atomic mass is 9.74. The highest BCUT2D eigenvalue weighted by Gasteiger charge is 2.35. The number of hydrogen-bond donors (Lipinski definition) is 1. The van der Waals surface area contributed by atoms with E-state index in [1.807, 2.05) is 51.1 Å². The van der Waals surface area contributed by atoms with Gasteiger partial charge >= 0.3 is 12.1 Å². The number of halogens is 2. The minimum Gasteiger partial charge on any atom is -0.478 e. The number of carbonyl (C=O) groups excluding carboxylic acids is 1. The standard InChI is InChI=1S/C25H27Cl2NO4/c1-25(2,3)32-24(31)28(4)21-12-10-17(16-8-11-19(26)20(27)14-16)18-7-5-6-15(23(18)21)9-13-22(29)30/h5-9,11,13-14,17,21H,10,12H2,1-4H3,(H,29,30)/b13-9+/t17-,21-/m0/s1. The highest BCUT2D eigenvalue weighted by molar-refractivity contribution is 6.42. The van der Waals surface area contributed by atoms with Crippen LogP contribution < -0.4 is 0 Å². The van der Waals surface area contributed by atoms with Gasteiger partial charge in [0.05, 0.1) is 16.1 Å². The normalized spacial score (nSPS) is 18.3. The topological polar surface area (TPSA) is 66.8 Å². The molecule has 2 aromatic rings. The molecule has 2 aromatic carbocycles. The number of amides is 1. The highest BCUT2D eigenvalue weighted by Crippen LogP contribution is 2.46. The third-order valence-corrected chi connectivity index (χ3v) is 6.25. The molecule has 32 heavy (non-hydrogen) atoms. The van der Waals surface area contributed by atoms with Gasteiger partial charge < -0.3 is 14.7 Å². The first-order valence-corrected chi connectivity index (χ1v) is 11.2. The summed E-state index contributed by atoms with van der Waals surface area (Å²) in [4.78, 5) is 25.6. The predicted molar refractivity (Wildman–Crippen MR) is 127 cm³/mol. The van der Waals surface area contributed by atoms with Gasteiger partial charge in [0.2, 0.25) is 0 Å². The Morgan fingerprint density at radius 2 is 1.84 bits per heavy atom. The molecule has 0 unspecified atom stereocenters. The van der Waals surface area contributed by atoms with Gasteiger partial charge in [-0.05, 0) is 74.1 Å². The van der Waals surface area contributed by atoms with Gasteiger partial charge in [-0.25, -0.2) is 9.59 Å². The lowest BCUT2D eigenvalue weighted by Gasteiger charge is -2.38. The Balaban J connectivity index is 2.10. The molecule has 0 aromatic heterocycles. The molecule has 0 fully saturated rings. The molecule has 1 N–H and O–H groups in total. The Bertz CT molecular complexity index is 1060. The second kappa shape index (κ2) is 9.55. The van der Waals surface area contributed by atoms with Gasteiger partial charge in [-0.2, -0.15) is 0 Å². The minimum atomic E-state index is -1.03. The molecule has 0 spiro atoms. The van der Waals surface area contributed by atoms with Crippen molar-refractivity contribution in [3.63, 3.8) is 0 Å². The molecule has 0 saturated heterocycles. The Labute approximate surface area is 198 Å². The van der Waals surface area contributed by atoms with E-state index in [4.69, 9.17) is 33.0 Å². The van der Waals surface area contributed by atoms with Crippen molar-refractivity contribution in [1.82, 2.24) is 4.90 Å². The molecular formula is C25H27Cl2NO4. The first-order valence-electron chi connectivity index (χ1n) is 10.4. The Morgan fingerprint density at radius 3 is 2.47 bits per heavy atom. The minimum absolute atomic E-state index is 0.0428. The van der Waals surface area contributed by atoms with E-state index in [0.717, 1.165) is 34.8 Å². The summed E-state index contributed by atoms with van der Waals surface area (Å²) in [5.74, 6) is -0.988. The average molecular weight is 476 g/mol. The Kier molecular flexibility index (Phi) is 7.21. The maximum atomic E-state index is 12.8. The van der Waals surface area contributed by atoms with Crippen LogP contribution in [-0.2, 0) is 9.53 Å². The fraction of sp³-hybridized carbons (Fsp3) is 0.360. The molecule has 1 aliphatic carbocycles. The molecule has 2 atom stereocenters. The number of hydrogen-bond acceptors (Lipinski definition) is 3. The summed E-state index contributed by atoms with van der Waals surface area (Å²) in [6.07, 6.45) is 3.75. The number of rotatable bonds is 4. The fourth-order valence-corrected chi connectivity index (χ4v) is 4.45. The summed E-state index contributed by atoms with van der Waals surface area (Å²) in [6, 6.07) is 11.2. The van der Waals surface area contributed by atoms with Crippen molar-refractivity contribution in [2.75, 3.05) is 7.05 Å². The quantitative estimate of drug-likeness (QED) is 0.486. The van der Waals surface area contributed by atoms with Crippen LogP contribution in [0.3, 0.4) is 0 Å². The van der Waals surface area contributed by atoms with Crippen LogP contribution in [0.5, 0.6) is 0 Å². The molecule has 5 nitrogen and oxygen atoms in total. The number of carbonyl (C=O) groups is 2. The number of carboxylic acid groups (broad SMARTS) is 1. The van der Waals surface area contributed by atoms with Crippen molar-refractivity contribution in [1.29, 1.82) is 0 Å². The van der Waals surface area contributed by atoms with E-state index in [-0.39, 0.29) is 12.0 Å². The van der Waals surface area contributed by atoms with Crippen LogP contribution in [0.1, 0.15) is 67.8 Å². The Hall–Kier alpha value is -2.50. The zero-order valence-corrected chi connectivity index (χ0v) is 20.1. The lowest BCUT2D eigenvalue weighted by Crippen LogP contribution is -2.38. The van der Waals surface area contributed by atoms with Crippen molar-refractivity contribution in [2.24, 2.45) is 0 Å². The first-order chi connectivity index (χ1) is 15.0. The highest BCUT2D eigenvalue weighted by atomic mass is 35.5. The van der Waals surface area contributed by atoms with Crippen LogP contribution in [0, 0.1) is 0 Å². The number of ether oxygens (including phenoxy) is 1. The monoisotopic (exact) mass is 475 g/mol. The summed E-state index contributed by atoms with van der Waals surface area (Å²) in [6.45, 7) is 5.48. The molecule has 0 radical (unpaired) electrons. The SMILES string of the molecule is CN(C(=O)OC(C)(C)C)[C@H]1CC[C@@H](c2ccc(Cl)c(Cl)c2)c2cccc(/C=C/C(=O)O)c21. The van der Waals surface area contributed by atoms with E-state index < -0.39 is 17.7 Å². The second-order valence-electron chi connectivity index (χ2n) is 8.93. The summed E-state index contributed by atoms with van der Waals surface area (Å²) in [5, 5.41) is 10.1. The molecule has 3 rings (SSSR count). The molecular weight excluding hydrogens is 449 g/mol. The number of nitrogens with zero attached hydrogens (tertiary/aromatic N) is 1. The molecule has 0 heterocycles. The van der Waals surface area contributed by atoms with E-state index in [0.29, 0.717) is 16.5 Å². The number of fused-ring (bicyclic) bond motifs is 1. The van der Waals surface area contributed by atoms with Gasteiger partial charge in [0.15, 0.2) is 0 Å². The van der Waals surface area contributed by atoms with Crippen molar-refractivity contribution in [3.05, 3.63) is 74.8 Å². The van der Waals surface area contributed by atoms with E-state index in [2.05, 4.69) is 0 Å². The van der Waals surface area contributed by atoms with Gasteiger partial charge in [0.25, 0.3) is 0 Å². The average Bonchev–Trinajstić information content (AvgIpc) is 2.71. The molecule has 1 aliphatic rings. The molecule has 0 saturated carbocycles.